The molecule has 31 heavy (non-hydrogen) atoms. The van der Waals surface area contributed by atoms with Gasteiger partial charge in [-0.3, -0.25) is 10.1 Å². The highest BCUT2D eigenvalue weighted by molar-refractivity contribution is 6.99. The largest absolute Gasteiger partial charge is 0.407 e. The number of benzene rings is 3. The minimum Gasteiger partial charge on any atom is -0.407 e. The maximum atomic E-state index is 10.9. The van der Waals surface area contributed by atoms with E-state index in [2.05, 4.69) is 69.3 Å². The van der Waals surface area contributed by atoms with E-state index in [1.807, 2.05) is 12.1 Å². The van der Waals surface area contributed by atoms with Crippen molar-refractivity contribution in [3.05, 3.63) is 101 Å². The molecule has 6 heteroatoms. The molecule has 0 fully saturated rings. The topological polar surface area (TPSA) is 78.4 Å². The van der Waals surface area contributed by atoms with Crippen LogP contribution in [0.15, 0.2) is 84.9 Å². The van der Waals surface area contributed by atoms with Gasteiger partial charge in [0.2, 0.25) is 0 Å². The maximum absolute atomic E-state index is 10.9. The lowest BCUT2D eigenvalue weighted by Crippen LogP contribution is -2.66. The molecule has 0 aliphatic heterocycles. The number of nitro benzene ring substituents is 1. The molecule has 2 N–H and O–H groups in total. The van der Waals surface area contributed by atoms with E-state index in [0.29, 0.717) is 13.0 Å². The van der Waals surface area contributed by atoms with Gasteiger partial charge in [0.05, 0.1) is 4.92 Å². The van der Waals surface area contributed by atoms with Crippen molar-refractivity contribution in [2.45, 2.75) is 38.3 Å². The number of nitrogens with two attached hydrogens (primary N) is 1. The summed E-state index contributed by atoms with van der Waals surface area (Å²) in [7, 11) is -2.59. The normalized spacial score (nSPS) is 13.0. The van der Waals surface area contributed by atoms with Crippen molar-refractivity contribution < 1.29 is 9.35 Å². The van der Waals surface area contributed by atoms with Gasteiger partial charge in [0, 0.05) is 24.8 Å². The number of hydrogen-bond acceptors (Lipinski definition) is 4. The molecule has 0 saturated carbocycles. The molecule has 5 nitrogen and oxygen atoms in total. The van der Waals surface area contributed by atoms with E-state index >= 15 is 0 Å². The molecule has 0 saturated heterocycles. The van der Waals surface area contributed by atoms with E-state index in [4.69, 9.17) is 10.2 Å². The first-order chi connectivity index (χ1) is 14.8. The summed E-state index contributed by atoms with van der Waals surface area (Å²) in [4.78, 5) is 10.5. The first kappa shape index (κ1) is 22.9. The number of nitro groups is 1. The fourth-order valence-electron chi connectivity index (χ4n) is 4.11. The zero-order valence-corrected chi connectivity index (χ0v) is 19.3. The Labute approximate surface area is 185 Å². The molecule has 1 unspecified atom stereocenters. The zero-order chi connectivity index (χ0) is 22.5. The summed E-state index contributed by atoms with van der Waals surface area (Å²) < 4.78 is 6.87. The lowest BCUT2D eigenvalue weighted by atomic mass is 10.1. The molecule has 3 rings (SSSR count). The summed E-state index contributed by atoms with van der Waals surface area (Å²) >= 11 is 0. The Balaban J connectivity index is 1.86. The van der Waals surface area contributed by atoms with Crippen LogP contribution in [-0.4, -0.2) is 19.8 Å². The Morgan fingerprint density at radius 2 is 1.39 bits per heavy atom. The fraction of sp³-hybridized carbons (Fsp3) is 0.280. The highest BCUT2D eigenvalue weighted by atomic mass is 28.4. The van der Waals surface area contributed by atoms with Gasteiger partial charge < -0.3 is 10.2 Å². The monoisotopic (exact) mass is 434 g/mol. The maximum Gasteiger partial charge on any atom is 0.269 e. The minimum atomic E-state index is -2.59. The number of non-ortho nitro benzene ring substituents is 1. The SMILES string of the molecule is CC(C)(C)[Si](OCCC(N)c1ccc([N+](=O)[O-])cc1)(c1ccccc1)c1ccccc1. The quantitative estimate of drug-likeness (QED) is 0.320. The predicted octanol–water partition coefficient (Wildman–Crippen LogP) is 4.56. The second kappa shape index (κ2) is 9.56. The molecule has 0 radical (unpaired) electrons. The summed E-state index contributed by atoms with van der Waals surface area (Å²) in [5, 5.41) is 13.3. The van der Waals surface area contributed by atoms with Gasteiger partial charge in [-0.25, -0.2) is 0 Å². The van der Waals surface area contributed by atoms with Gasteiger partial charge in [-0.05, 0) is 27.4 Å². The molecule has 0 amide bonds. The third-order valence-corrected chi connectivity index (χ3v) is 10.7. The van der Waals surface area contributed by atoms with Gasteiger partial charge >= 0.3 is 0 Å². The van der Waals surface area contributed by atoms with Crippen LogP contribution in [0.5, 0.6) is 0 Å². The van der Waals surface area contributed by atoms with Crippen LogP contribution < -0.4 is 16.1 Å². The van der Waals surface area contributed by atoms with Crippen LogP contribution in [0.1, 0.15) is 38.8 Å². The molecule has 0 heterocycles. The van der Waals surface area contributed by atoms with Crippen LogP contribution in [-0.2, 0) is 4.43 Å². The number of rotatable bonds is 8. The fourth-order valence-corrected chi connectivity index (χ4v) is 8.69. The van der Waals surface area contributed by atoms with Crippen molar-refractivity contribution in [1.29, 1.82) is 0 Å². The first-order valence-corrected chi connectivity index (χ1v) is 12.4. The van der Waals surface area contributed by atoms with E-state index in [1.165, 1.54) is 22.5 Å². The summed E-state index contributed by atoms with van der Waals surface area (Å²) in [6.45, 7) is 7.24. The van der Waals surface area contributed by atoms with Crippen LogP contribution in [0.25, 0.3) is 0 Å². The minimum absolute atomic E-state index is 0.0690. The van der Waals surface area contributed by atoms with Crippen LogP contribution >= 0.6 is 0 Å². The molecule has 0 aliphatic rings. The van der Waals surface area contributed by atoms with Gasteiger partial charge in [0.1, 0.15) is 0 Å². The van der Waals surface area contributed by atoms with Crippen LogP contribution in [0, 0.1) is 10.1 Å². The summed E-state index contributed by atoms with van der Waals surface area (Å²) in [6.07, 6.45) is 0.627. The lowest BCUT2D eigenvalue weighted by Gasteiger charge is -2.43. The van der Waals surface area contributed by atoms with E-state index in [1.54, 1.807) is 12.1 Å². The van der Waals surface area contributed by atoms with Crippen molar-refractivity contribution in [3.63, 3.8) is 0 Å². The van der Waals surface area contributed by atoms with Gasteiger partial charge in [0.15, 0.2) is 0 Å². The highest BCUT2D eigenvalue weighted by Gasteiger charge is 2.50. The van der Waals surface area contributed by atoms with E-state index < -0.39 is 13.2 Å². The van der Waals surface area contributed by atoms with E-state index in [0.717, 1.165) is 5.56 Å². The standard InChI is InChI=1S/C25H30N2O3Si/c1-25(2,3)31(22-10-6-4-7-11-22,23-12-8-5-9-13-23)30-19-18-24(26)20-14-16-21(17-15-20)27(28)29/h4-17,24H,18-19,26H2,1-3H3. The molecule has 3 aromatic carbocycles. The molecular weight excluding hydrogens is 404 g/mol. The van der Waals surface area contributed by atoms with Gasteiger partial charge in [-0.15, -0.1) is 0 Å². The molecule has 0 aromatic heterocycles. The summed E-state index contributed by atoms with van der Waals surface area (Å²) in [5.74, 6) is 0. The van der Waals surface area contributed by atoms with Crippen LogP contribution in [0.3, 0.4) is 0 Å². The third-order valence-electron chi connectivity index (χ3n) is 5.70. The Morgan fingerprint density at radius 1 is 0.903 bits per heavy atom. The Morgan fingerprint density at radius 3 is 1.81 bits per heavy atom. The zero-order valence-electron chi connectivity index (χ0n) is 18.3. The third kappa shape index (κ3) is 4.93. The van der Waals surface area contributed by atoms with Crippen molar-refractivity contribution in [2.75, 3.05) is 6.61 Å². The smallest absolute Gasteiger partial charge is 0.269 e. The Bertz CT molecular complexity index is 947. The van der Waals surface area contributed by atoms with Crippen LogP contribution in [0.2, 0.25) is 5.04 Å². The van der Waals surface area contributed by atoms with E-state index in [9.17, 15) is 10.1 Å². The van der Waals surface area contributed by atoms with Crippen molar-refractivity contribution in [2.24, 2.45) is 5.73 Å². The molecule has 0 aliphatic carbocycles. The molecule has 1 atom stereocenters. The van der Waals surface area contributed by atoms with Crippen molar-refractivity contribution in [1.82, 2.24) is 0 Å². The van der Waals surface area contributed by atoms with Gasteiger partial charge in [-0.1, -0.05) is 93.6 Å². The molecule has 162 valence electrons. The van der Waals surface area contributed by atoms with Gasteiger partial charge in [-0.2, -0.15) is 0 Å². The Kier molecular flexibility index (Phi) is 7.05. The second-order valence-electron chi connectivity index (χ2n) is 8.76. The summed E-state index contributed by atoms with van der Waals surface area (Å²) in [6, 6.07) is 27.2. The van der Waals surface area contributed by atoms with Gasteiger partial charge in [0.25, 0.3) is 14.0 Å². The summed E-state index contributed by atoms with van der Waals surface area (Å²) in [5.41, 5.74) is 7.34. The van der Waals surface area contributed by atoms with Crippen LogP contribution in [0.4, 0.5) is 5.69 Å². The average Bonchev–Trinajstić information content (AvgIpc) is 2.77. The number of nitrogens with zero attached hydrogens (tertiary/aromatic N) is 1. The number of hydrogen-bond donors (Lipinski definition) is 1. The molecule has 3 aromatic rings. The Hall–Kier alpha value is -2.80. The first-order valence-electron chi connectivity index (χ1n) is 10.5. The van der Waals surface area contributed by atoms with Crippen molar-refractivity contribution in [3.8, 4) is 0 Å². The predicted molar refractivity (Wildman–Crippen MR) is 128 cm³/mol. The van der Waals surface area contributed by atoms with Crippen molar-refractivity contribution >= 4 is 24.4 Å². The lowest BCUT2D eigenvalue weighted by molar-refractivity contribution is -0.384. The highest BCUT2D eigenvalue weighted by Crippen LogP contribution is 2.37. The average molecular weight is 435 g/mol. The molecule has 0 spiro atoms. The molecule has 0 bridgehead atoms. The molecular formula is C25H30N2O3Si. The van der Waals surface area contributed by atoms with E-state index in [-0.39, 0.29) is 16.8 Å². The second-order valence-corrected chi connectivity index (χ2v) is 13.1.